The van der Waals surface area contributed by atoms with Gasteiger partial charge in [0.25, 0.3) is 5.69 Å². The van der Waals surface area contributed by atoms with Crippen LogP contribution in [0.25, 0.3) is 0 Å². The van der Waals surface area contributed by atoms with Gasteiger partial charge >= 0.3 is 11.9 Å². The maximum absolute atomic E-state index is 10.7. The zero-order chi connectivity index (χ0) is 21.8. The fraction of sp³-hybridized carbons (Fsp3) is 0.263. The molecule has 2 aromatic rings. The van der Waals surface area contributed by atoms with Gasteiger partial charge in [0, 0.05) is 18.7 Å². The summed E-state index contributed by atoms with van der Waals surface area (Å²) in [6.45, 7) is 1.35. The normalized spacial score (nSPS) is 9.72. The molecule has 0 heterocycles. The highest BCUT2D eigenvalue weighted by atomic mass is 16.6. The van der Waals surface area contributed by atoms with Crippen LogP contribution in [0.3, 0.4) is 0 Å². The van der Waals surface area contributed by atoms with Crippen LogP contribution < -0.4 is 14.8 Å². The van der Waals surface area contributed by atoms with Crippen molar-refractivity contribution in [1.29, 1.82) is 0 Å². The quantitative estimate of drug-likeness (QED) is 0.259. The molecule has 3 N–H and O–H groups in total. The molecule has 0 saturated heterocycles. The number of nitro benzene ring substituents is 1. The molecule has 0 atom stereocenters. The summed E-state index contributed by atoms with van der Waals surface area (Å²) in [6, 6.07) is 12.5. The molecule has 0 fully saturated rings. The van der Waals surface area contributed by atoms with Crippen molar-refractivity contribution in [1.82, 2.24) is 5.32 Å². The van der Waals surface area contributed by atoms with Crippen LogP contribution in [0.5, 0.6) is 11.5 Å². The number of benzene rings is 2. The Morgan fingerprint density at radius 2 is 1.66 bits per heavy atom. The van der Waals surface area contributed by atoms with Gasteiger partial charge in [0.2, 0.25) is 0 Å². The Labute approximate surface area is 166 Å². The summed E-state index contributed by atoms with van der Waals surface area (Å²) < 4.78 is 10.5. The average Bonchev–Trinajstić information content (AvgIpc) is 2.71. The highest BCUT2D eigenvalue weighted by molar-refractivity contribution is 6.27. The Hall–Kier alpha value is -3.66. The predicted octanol–water partition coefficient (Wildman–Crippen LogP) is 2.10. The van der Waals surface area contributed by atoms with E-state index in [4.69, 9.17) is 29.3 Å². The van der Waals surface area contributed by atoms with Gasteiger partial charge in [-0.1, -0.05) is 18.2 Å². The van der Waals surface area contributed by atoms with E-state index >= 15 is 0 Å². The summed E-state index contributed by atoms with van der Waals surface area (Å²) in [7, 11) is 3.22. The number of non-ortho nitro benzene ring substituents is 1. The van der Waals surface area contributed by atoms with Gasteiger partial charge in [-0.3, -0.25) is 10.1 Å². The average molecular weight is 406 g/mol. The van der Waals surface area contributed by atoms with Crippen LogP contribution in [0.1, 0.15) is 11.1 Å². The molecule has 29 heavy (non-hydrogen) atoms. The second-order valence-corrected chi connectivity index (χ2v) is 5.65. The molecule has 0 radical (unpaired) electrons. The second kappa shape index (κ2) is 11.9. The lowest BCUT2D eigenvalue weighted by atomic mass is 10.1. The number of carboxylic acid groups (broad SMARTS) is 2. The second-order valence-electron chi connectivity index (χ2n) is 5.65. The summed E-state index contributed by atoms with van der Waals surface area (Å²) >= 11 is 0. The summed E-state index contributed by atoms with van der Waals surface area (Å²) in [4.78, 5) is 28.6. The molecule has 0 amide bonds. The van der Waals surface area contributed by atoms with E-state index in [1.807, 2.05) is 24.3 Å². The molecule has 0 aliphatic rings. The van der Waals surface area contributed by atoms with Crippen molar-refractivity contribution in [2.75, 3.05) is 20.8 Å². The van der Waals surface area contributed by atoms with E-state index in [1.165, 1.54) is 6.07 Å². The monoisotopic (exact) mass is 406 g/mol. The molecule has 2 aromatic carbocycles. The third kappa shape index (κ3) is 8.26. The van der Waals surface area contributed by atoms with E-state index in [-0.39, 0.29) is 10.6 Å². The number of hydrogen-bond acceptors (Lipinski definition) is 7. The zero-order valence-corrected chi connectivity index (χ0v) is 16.0. The van der Waals surface area contributed by atoms with Crippen LogP contribution in [0, 0.1) is 10.1 Å². The van der Waals surface area contributed by atoms with Gasteiger partial charge < -0.3 is 25.0 Å². The first-order chi connectivity index (χ1) is 13.8. The zero-order valence-electron chi connectivity index (χ0n) is 16.0. The lowest BCUT2D eigenvalue weighted by Gasteiger charge is -2.10. The minimum atomic E-state index is -1.82. The van der Waals surface area contributed by atoms with Gasteiger partial charge in [0.05, 0.1) is 19.1 Å². The van der Waals surface area contributed by atoms with Gasteiger partial charge in [0.1, 0.15) is 0 Å². The number of carboxylic acids is 2. The summed E-state index contributed by atoms with van der Waals surface area (Å²) in [5.41, 5.74) is 2.14. The van der Waals surface area contributed by atoms with E-state index in [9.17, 15) is 10.1 Å². The molecule has 2 rings (SSSR count). The Balaban J connectivity index is 0.000000612. The molecule has 0 aliphatic heterocycles. The van der Waals surface area contributed by atoms with Crippen molar-refractivity contribution in [3.63, 3.8) is 0 Å². The molecule has 0 aliphatic carbocycles. The SMILES string of the molecule is COc1ccc(CCNCc2cccc([N+](=O)[O-])c2)cc1OC.O=C(O)C(=O)O. The number of rotatable bonds is 8. The number of methoxy groups -OCH3 is 2. The highest BCUT2D eigenvalue weighted by Gasteiger charge is 2.06. The molecule has 10 nitrogen and oxygen atoms in total. The van der Waals surface area contributed by atoms with E-state index < -0.39 is 11.9 Å². The molecule has 0 spiro atoms. The Morgan fingerprint density at radius 1 is 1.00 bits per heavy atom. The molecule has 0 unspecified atom stereocenters. The Kier molecular flexibility index (Phi) is 9.62. The standard InChI is InChI=1S/C17H20N2O4.C2H2O4/c1-22-16-7-6-13(11-17(16)23-2)8-9-18-12-14-4-3-5-15(10-14)19(20)21;3-1(4)2(5)6/h3-7,10-11,18H,8-9,12H2,1-2H3;(H,3,4)(H,5,6). The van der Waals surface area contributed by atoms with E-state index in [0.29, 0.717) is 18.0 Å². The first-order valence-corrected chi connectivity index (χ1v) is 8.39. The van der Waals surface area contributed by atoms with E-state index in [1.54, 1.807) is 26.4 Å². The van der Waals surface area contributed by atoms with Crippen molar-refractivity contribution in [2.45, 2.75) is 13.0 Å². The fourth-order valence-corrected chi connectivity index (χ4v) is 2.28. The number of carbonyl (C=O) groups is 2. The van der Waals surface area contributed by atoms with Crippen molar-refractivity contribution >= 4 is 17.6 Å². The van der Waals surface area contributed by atoms with Crippen molar-refractivity contribution in [2.24, 2.45) is 0 Å². The predicted molar refractivity (Wildman–Crippen MR) is 103 cm³/mol. The minimum Gasteiger partial charge on any atom is -0.493 e. The van der Waals surface area contributed by atoms with Gasteiger partial charge in [-0.15, -0.1) is 0 Å². The number of hydrogen-bond donors (Lipinski definition) is 3. The lowest BCUT2D eigenvalue weighted by molar-refractivity contribution is -0.384. The molecule has 156 valence electrons. The lowest BCUT2D eigenvalue weighted by Crippen LogP contribution is -2.16. The van der Waals surface area contributed by atoms with Gasteiger partial charge in [-0.05, 0) is 36.2 Å². The summed E-state index contributed by atoms with van der Waals surface area (Å²) in [5.74, 6) is -2.23. The van der Waals surface area contributed by atoms with Gasteiger partial charge in [0.15, 0.2) is 11.5 Å². The Bertz CT molecular complexity index is 842. The van der Waals surface area contributed by atoms with Crippen LogP contribution in [-0.2, 0) is 22.6 Å². The largest absolute Gasteiger partial charge is 0.493 e. The van der Waals surface area contributed by atoms with Crippen molar-refractivity contribution in [3.8, 4) is 11.5 Å². The molecule has 0 saturated carbocycles. The van der Waals surface area contributed by atoms with Crippen LogP contribution in [-0.4, -0.2) is 47.8 Å². The van der Waals surface area contributed by atoms with Gasteiger partial charge in [-0.2, -0.15) is 0 Å². The number of nitrogens with one attached hydrogen (secondary N) is 1. The third-order valence-electron chi connectivity index (χ3n) is 3.67. The fourth-order valence-electron chi connectivity index (χ4n) is 2.28. The summed E-state index contributed by atoms with van der Waals surface area (Å²) in [6.07, 6.45) is 0.829. The Morgan fingerprint density at radius 3 is 2.21 bits per heavy atom. The van der Waals surface area contributed by atoms with Crippen LogP contribution in [0.2, 0.25) is 0 Å². The molecule has 10 heteroatoms. The summed E-state index contributed by atoms with van der Waals surface area (Å²) in [5, 5.41) is 28.8. The van der Waals surface area contributed by atoms with Gasteiger partial charge in [-0.25, -0.2) is 9.59 Å². The molecule has 0 bridgehead atoms. The number of nitrogens with zero attached hydrogens (tertiary/aromatic N) is 1. The van der Waals surface area contributed by atoms with E-state index in [2.05, 4.69) is 5.32 Å². The number of nitro groups is 1. The minimum absolute atomic E-state index is 0.115. The van der Waals surface area contributed by atoms with Crippen LogP contribution in [0.4, 0.5) is 5.69 Å². The number of ether oxygens (including phenoxy) is 2. The first kappa shape index (κ1) is 23.4. The maximum Gasteiger partial charge on any atom is 0.414 e. The smallest absolute Gasteiger partial charge is 0.414 e. The molecular formula is C19H22N2O8. The van der Waals surface area contributed by atoms with Crippen LogP contribution >= 0.6 is 0 Å². The molecular weight excluding hydrogens is 384 g/mol. The third-order valence-corrected chi connectivity index (χ3v) is 3.67. The highest BCUT2D eigenvalue weighted by Crippen LogP contribution is 2.27. The first-order valence-electron chi connectivity index (χ1n) is 8.39. The van der Waals surface area contributed by atoms with E-state index in [0.717, 1.165) is 24.1 Å². The number of aliphatic carboxylic acids is 2. The maximum atomic E-state index is 10.7. The topological polar surface area (TPSA) is 148 Å². The molecule has 0 aromatic heterocycles. The van der Waals surface area contributed by atoms with Crippen molar-refractivity contribution in [3.05, 3.63) is 63.7 Å². The van der Waals surface area contributed by atoms with Crippen molar-refractivity contribution < 1.29 is 34.2 Å². The van der Waals surface area contributed by atoms with Crippen LogP contribution in [0.15, 0.2) is 42.5 Å².